The lowest BCUT2D eigenvalue weighted by Gasteiger charge is -2.12. The van der Waals surface area contributed by atoms with Gasteiger partial charge in [-0.15, -0.1) is 0 Å². The lowest BCUT2D eigenvalue weighted by atomic mass is 10.2. The van der Waals surface area contributed by atoms with E-state index >= 15 is 0 Å². The number of carbonyl (C=O) groups is 1. The molecule has 0 saturated heterocycles. The van der Waals surface area contributed by atoms with Gasteiger partial charge in [0, 0.05) is 23.6 Å². The topological polar surface area (TPSA) is 50.4 Å². The number of likely N-dealkylation sites (N-methyl/N-ethyl adjacent to an activating group) is 1. The van der Waals surface area contributed by atoms with Crippen molar-refractivity contribution in [3.05, 3.63) is 28.2 Å². The molecule has 0 spiro atoms. The smallest absolute Gasteiger partial charge is 0.257 e. The molecule has 5 heteroatoms. The SMILES string of the molecule is CCCNCc1cc(Br)ccc1OCC(=O)NC. The highest BCUT2D eigenvalue weighted by Gasteiger charge is 2.06. The zero-order chi connectivity index (χ0) is 13.4. The predicted molar refractivity (Wildman–Crippen MR) is 75.7 cm³/mol. The van der Waals surface area contributed by atoms with Crippen LogP contribution in [-0.4, -0.2) is 26.1 Å². The number of halogens is 1. The Bertz CT molecular complexity index is 397. The maximum Gasteiger partial charge on any atom is 0.257 e. The molecule has 0 radical (unpaired) electrons. The van der Waals surface area contributed by atoms with Crippen LogP contribution in [0.1, 0.15) is 18.9 Å². The summed E-state index contributed by atoms with van der Waals surface area (Å²) in [5, 5.41) is 5.85. The summed E-state index contributed by atoms with van der Waals surface area (Å²) in [6.07, 6.45) is 1.09. The quantitative estimate of drug-likeness (QED) is 0.758. The summed E-state index contributed by atoms with van der Waals surface area (Å²) in [6.45, 7) is 3.85. The van der Waals surface area contributed by atoms with Gasteiger partial charge in [-0.2, -0.15) is 0 Å². The summed E-state index contributed by atoms with van der Waals surface area (Å²) < 4.78 is 6.51. The molecule has 1 amide bonds. The molecule has 1 rings (SSSR count). The van der Waals surface area contributed by atoms with E-state index < -0.39 is 0 Å². The third-order valence-electron chi connectivity index (χ3n) is 2.40. The van der Waals surface area contributed by atoms with Gasteiger partial charge in [0.25, 0.3) is 5.91 Å². The van der Waals surface area contributed by atoms with Crippen LogP contribution in [0.4, 0.5) is 0 Å². The molecular weight excluding hydrogens is 296 g/mol. The molecule has 0 fully saturated rings. The van der Waals surface area contributed by atoms with E-state index in [2.05, 4.69) is 33.5 Å². The van der Waals surface area contributed by atoms with Crippen molar-refractivity contribution in [1.29, 1.82) is 0 Å². The summed E-state index contributed by atoms with van der Waals surface area (Å²) >= 11 is 3.44. The molecule has 0 unspecified atom stereocenters. The van der Waals surface area contributed by atoms with Gasteiger partial charge < -0.3 is 15.4 Å². The van der Waals surface area contributed by atoms with E-state index in [0.29, 0.717) is 0 Å². The summed E-state index contributed by atoms with van der Waals surface area (Å²) in [5.74, 6) is 0.607. The molecule has 18 heavy (non-hydrogen) atoms. The molecule has 0 aliphatic heterocycles. The van der Waals surface area contributed by atoms with Gasteiger partial charge in [-0.1, -0.05) is 22.9 Å². The molecule has 1 aromatic carbocycles. The second kappa shape index (κ2) is 8.11. The Balaban J connectivity index is 2.66. The zero-order valence-corrected chi connectivity index (χ0v) is 12.3. The standard InChI is InChI=1S/C13H19BrN2O2/c1-3-6-16-8-10-7-11(14)4-5-12(10)18-9-13(17)15-2/h4-5,7,16H,3,6,8-9H2,1-2H3,(H,15,17). The van der Waals surface area contributed by atoms with Crippen molar-refractivity contribution in [1.82, 2.24) is 10.6 Å². The molecule has 0 bridgehead atoms. The van der Waals surface area contributed by atoms with E-state index in [9.17, 15) is 4.79 Å². The van der Waals surface area contributed by atoms with Gasteiger partial charge in [0.2, 0.25) is 0 Å². The summed E-state index contributed by atoms with van der Waals surface area (Å²) in [6, 6.07) is 5.78. The Hall–Kier alpha value is -1.07. The number of nitrogens with one attached hydrogen (secondary N) is 2. The summed E-state index contributed by atoms with van der Waals surface area (Å²) in [5.41, 5.74) is 1.04. The Morgan fingerprint density at radius 2 is 2.22 bits per heavy atom. The van der Waals surface area contributed by atoms with Crippen molar-refractivity contribution in [2.45, 2.75) is 19.9 Å². The fourth-order valence-corrected chi connectivity index (χ4v) is 1.85. The van der Waals surface area contributed by atoms with Crippen LogP contribution in [0.15, 0.2) is 22.7 Å². The number of rotatable bonds is 7. The van der Waals surface area contributed by atoms with Crippen LogP contribution in [0.2, 0.25) is 0 Å². The number of hydrogen-bond acceptors (Lipinski definition) is 3. The molecule has 2 N–H and O–H groups in total. The largest absolute Gasteiger partial charge is 0.483 e. The summed E-state index contributed by atoms with van der Waals surface area (Å²) in [7, 11) is 1.59. The Morgan fingerprint density at radius 1 is 1.44 bits per heavy atom. The number of benzene rings is 1. The van der Waals surface area contributed by atoms with Crippen molar-refractivity contribution in [2.75, 3.05) is 20.2 Å². The fraction of sp³-hybridized carbons (Fsp3) is 0.462. The lowest BCUT2D eigenvalue weighted by molar-refractivity contribution is -0.122. The molecule has 0 aliphatic rings. The van der Waals surface area contributed by atoms with Crippen molar-refractivity contribution in [2.24, 2.45) is 0 Å². The van der Waals surface area contributed by atoms with Crippen LogP contribution < -0.4 is 15.4 Å². The van der Waals surface area contributed by atoms with E-state index in [4.69, 9.17) is 4.74 Å². The molecule has 1 aromatic rings. The third kappa shape index (κ3) is 5.06. The van der Waals surface area contributed by atoms with Crippen molar-refractivity contribution >= 4 is 21.8 Å². The maximum absolute atomic E-state index is 11.2. The van der Waals surface area contributed by atoms with Crippen LogP contribution in [0.3, 0.4) is 0 Å². The molecule has 0 aromatic heterocycles. The third-order valence-corrected chi connectivity index (χ3v) is 2.90. The minimum absolute atomic E-state index is 0.0406. The van der Waals surface area contributed by atoms with Crippen molar-refractivity contribution < 1.29 is 9.53 Å². The molecule has 0 saturated carbocycles. The first-order valence-electron chi connectivity index (χ1n) is 6.00. The monoisotopic (exact) mass is 314 g/mol. The molecule has 0 atom stereocenters. The fourth-order valence-electron chi connectivity index (χ4n) is 1.44. The van der Waals surface area contributed by atoms with E-state index in [1.165, 1.54) is 0 Å². The molecular formula is C13H19BrN2O2. The Labute approximate surface area is 116 Å². The van der Waals surface area contributed by atoms with Gasteiger partial charge in [-0.25, -0.2) is 0 Å². The van der Waals surface area contributed by atoms with Crippen LogP contribution in [0, 0.1) is 0 Å². The van der Waals surface area contributed by atoms with E-state index in [1.807, 2.05) is 18.2 Å². The minimum Gasteiger partial charge on any atom is -0.483 e. The molecule has 0 heterocycles. The first-order valence-corrected chi connectivity index (χ1v) is 6.79. The van der Waals surface area contributed by atoms with E-state index in [-0.39, 0.29) is 12.5 Å². The maximum atomic E-state index is 11.2. The first kappa shape index (κ1) is 15.0. The number of hydrogen-bond donors (Lipinski definition) is 2. The van der Waals surface area contributed by atoms with Crippen LogP contribution in [0.25, 0.3) is 0 Å². The highest BCUT2D eigenvalue weighted by atomic mass is 79.9. The molecule has 4 nitrogen and oxygen atoms in total. The van der Waals surface area contributed by atoms with E-state index in [1.54, 1.807) is 7.05 Å². The lowest BCUT2D eigenvalue weighted by Crippen LogP contribution is -2.25. The van der Waals surface area contributed by atoms with Crippen LogP contribution in [-0.2, 0) is 11.3 Å². The van der Waals surface area contributed by atoms with E-state index in [0.717, 1.165) is 35.3 Å². The number of ether oxygens (including phenoxy) is 1. The predicted octanol–water partition coefficient (Wildman–Crippen LogP) is 2.07. The highest BCUT2D eigenvalue weighted by molar-refractivity contribution is 9.10. The average Bonchev–Trinajstić information content (AvgIpc) is 2.37. The van der Waals surface area contributed by atoms with Crippen molar-refractivity contribution in [3.63, 3.8) is 0 Å². The zero-order valence-electron chi connectivity index (χ0n) is 10.8. The second-order valence-electron chi connectivity index (χ2n) is 3.89. The highest BCUT2D eigenvalue weighted by Crippen LogP contribution is 2.23. The van der Waals surface area contributed by atoms with Gasteiger partial charge in [-0.05, 0) is 31.2 Å². The van der Waals surface area contributed by atoms with Crippen LogP contribution >= 0.6 is 15.9 Å². The minimum atomic E-state index is -0.134. The Morgan fingerprint density at radius 3 is 2.89 bits per heavy atom. The van der Waals surface area contributed by atoms with Gasteiger partial charge in [0.15, 0.2) is 6.61 Å². The second-order valence-corrected chi connectivity index (χ2v) is 4.81. The van der Waals surface area contributed by atoms with Gasteiger partial charge in [-0.3, -0.25) is 4.79 Å². The number of carbonyl (C=O) groups excluding carboxylic acids is 1. The normalized spacial score (nSPS) is 10.2. The molecule has 0 aliphatic carbocycles. The van der Waals surface area contributed by atoms with Crippen LogP contribution in [0.5, 0.6) is 5.75 Å². The number of amides is 1. The van der Waals surface area contributed by atoms with Gasteiger partial charge >= 0.3 is 0 Å². The summed E-state index contributed by atoms with van der Waals surface area (Å²) in [4.78, 5) is 11.2. The average molecular weight is 315 g/mol. The van der Waals surface area contributed by atoms with Crippen molar-refractivity contribution in [3.8, 4) is 5.75 Å². The van der Waals surface area contributed by atoms with Gasteiger partial charge in [0.05, 0.1) is 0 Å². The van der Waals surface area contributed by atoms with Gasteiger partial charge in [0.1, 0.15) is 5.75 Å². The first-order chi connectivity index (χ1) is 8.67. The molecule has 100 valence electrons. The Kier molecular flexibility index (Phi) is 6.75.